The molecule has 150 valence electrons. The molecule has 0 amide bonds. The number of fused-ring (bicyclic) bond motifs is 3. The molecule has 0 unspecified atom stereocenters. The van der Waals surface area contributed by atoms with Crippen LogP contribution >= 0.6 is 0 Å². The molecular formula is C20H17NO8. The van der Waals surface area contributed by atoms with E-state index in [0.717, 1.165) is 28.4 Å². The van der Waals surface area contributed by atoms with Crippen molar-refractivity contribution in [3.8, 4) is 0 Å². The van der Waals surface area contributed by atoms with Gasteiger partial charge in [0.05, 0.1) is 56.2 Å². The average Bonchev–Trinajstić information content (AvgIpc) is 3.14. The highest BCUT2D eigenvalue weighted by Gasteiger charge is 2.36. The Balaban J connectivity index is 2.73. The third-order valence-corrected chi connectivity index (χ3v) is 4.51. The van der Waals surface area contributed by atoms with Crippen LogP contribution in [0.5, 0.6) is 0 Å². The van der Waals surface area contributed by atoms with Crippen LogP contribution in [0.1, 0.15) is 41.4 Å². The van der Waals surface area contributed by atoms with Crippen molar-refractivity contribution in [2.45, 2.75) is 0 Å². The molecule has 0 radical (unpaired) electrons. The summed E-state index contributed by atoms with van der Waals surface area (Å²) in [6.45, 7) is 0. The van der Waals surface area contributed by atoms with Crippen molar-refractivity contribution in [2.75, 3.05) is 28.4 Å². The molecule has 0 spiro atoms. The van der Waals surface area contributed by atoms with Crippen molar-refractivity contribution in [3.63, 3.8) is 0 Å². The van der Waals surface area contributed by atoms with Gasteiger partial charge in [-0.15, -0.1) is 0 Å². The molecule has 0 aliphatic carbocycles. The van der Waals surface area contributed by atoms with Crippen LogP contribution in [0.25, 0.3) is 21.8 Å². The van der Waals surface area contributed by atoms with Crippen LogP contribution in [0.4, 0.5) is 0 Å². The molecule has 1 heterocycles. The first kappa shape index (κ1) is 19.9. The number of carbonyl (C=O) groups is 4. The van der Waals surface area contributed by atoms with E-state index in [4.69, 9.17) is 18.9 Å². The van der Waals surface area contributed by atoms with Crippen LogP contribution in [0.2, 0.25) is 0 Å². The molecule has 0 saturated carbocycles. The lowest BCUT2D eigenvalue weighted by molar-refractivity contribution is 0.0523. The highest BCUT2D eigenvalue weighted by molar-refractivity contribution is 6.28. The average molecular weight is 399 g/mol. The van der Waals surface area contributed by atoms with Gasteiger partial charge in [0.25, 0.3) is 0 Å². The number of aromatic amines is 1. The quantitative estimate of drug-likeness (QED) is 0.525. The molecule has 0 aliphatic heterocycles. The Kier molecular flexibility index (Phi) is 5.22. The third-order valence-electron chi connectivity index (χ3n) is 4.51. The molecule has 9 heteroatoms. The summed E-state index contributed by atoms with van der Waals surface area (Å²) in [6.07, 6.45) is 0. The first-order valence-electron chi connectivity index (χ1n) is 8.34. The number of esters is 4. The van der Waals surface area contributed by atoms with E-state index >= 15 is 0 Å². The van der Waals surface area contributed by atoms with Gasteiger partial charge < -0.3 is 23.9 Å². The van der Waals surface area contributed by atoms with Crippen LogP contribution < -0.4 is 0 Å². The standard InChI is InChI=1S/C20H17NO8/c1-26-17(22)12-11-9-7-5-6-8-10(9)21-16(11)15(20(25)29-4)14(19(24)28-3)13(12)18(23)27-2/h5-8,21H,1-4H3. The van der Waals surface area contributed by atoms with E-state index in [9.17, 15) is 19.2 Å². The summed E-state index contributed by atoms with van der Waals surface area (Å²) in [5, 5.41) is 0.760. The minimum absolute atomic E-state index is 0.131. The lowest BCUT2D eigenvalue weighted by Gasteiger charge is -2.16. The number of nitrogens with one attached hydrogen (secondary N) is 1. The van der Waals surface area contributed by atoms with E-state index in [1.807, 2.05) is 0 Å². The zero-order valence-electron chi connectivity index (χ0n) is 16.1. The fourth-order valence-corrected chi connectivity index (χ4v) is 3.31. The number of hydrogen-bond donors (Lipinski definition) is 1. The van der Waals surface area contributed by atoms with Crippen LogP contribution in [0.15, 0.2) is 24.3 Å². The second-order valence-corrected chi connectivity index (χ2v) is 5.89. The summed E-state index contributed by atoms with van der Waals surface area (Å²) in [6, 6.07) is 6.88. The van der Waals surface area contributed by atoms with Crippen LogP contribution in [0, 0.1) is 0 Å². The molecule has 0 saturated heterocycles. The van der Waals surface area contributed by atoms with Gasteiger partial charge in [-0.05, 0) is 6.07 Å². The highest BCUT2D eigenvalue weighted by atomic mass is 16.5. The van der Waals surface area contributed by atoms with Gasteiger partial charge in [-0.3, -0.25) is 0 Å². The van der Waals surface area contributed by atoms with Gasteiger partial charge in [-0.25, -0.2) is 19.2 Å². The first-order valence-corrected chi connectivity index (χ1v) is 8.34. The molecule has 2 aromatic carbocycles. The number of ether oxygens (including phenoxy) is 4. The summed E-state index contributed by atoms with van der Waals surface area (Å²) in [4.78, 5) is 53.6. The second kappa shape index (κ2) is 7.63. The number of aromatic nitrogens is 1. The second-order valence-electron chi connectivity index (χ2n) is 5.89. The zero-order chi connectivity index (χ0) is 21.3. The molecule has 29 heavy (non-hydrogen) atoms. The number of H-pyrrole nitrogens is 1. The minimum atomic E-state index is -1.02. The van der Waals surface area contributed by atoms with Gasteiger partial charge in [0.15, 0.2) is 0 Å². The molecule has 3 aromatic rings. The van der Waals surface area contributed by atoms with E-state index < -0.39 is 35.0 Å². The Morgan fingerprint density at radius 1 is 0.655 bits per heavy atom. The number of rotatable bonds is 4. The number of para-hydroxylation sites is 1. The predicted molar refractivity (Wildman–Crippen MR) is 101 cm³/mol. The number of carbonyl (C=O) groups excluding carboxylic acids is 4. The van der Waals surface area contributed by atoms with Gasteiger partial charge in [0.1, 0.15) is 0 Å². The lowest BCUT2D eigenvalue weighted by atomic mass is 9.90. The summed E-state index contributed by atoms with van der Waals surface area (Å²) in [5.74, 6) is -3.81. The largest absolute Gasteiger partial charge is 0.465 e. The summed E-state index contributed by atoms with van der Waals surface area (Å²) in [5.41, 5.74) is -0.671. The monoisotopic (exact) mass is 399 g/mol. The Bertz CT molecular complexity index is 1170. The summed E-state index contributed by atoms with van der Waals surface area (Å²) < 4.78 is 19.3. The van der Waals surface area contributed by atoms with Gasteiger partial charge >= 0.3 is 23.9 Å². The maximum Gasteiger partial charge on any atom is 0.340 e. The van der Waals surface area contributed by atoms with Gasteiger partial charge in [0, 0.05) is 16.3 Å². The summed E-state index contributed by atoms with van der Waals surface area (Å²) in [7, 11) is 4.43. The van der Waals surface area contributed by atoms with Crippen LogP contribution in [-0.4, -0.2) is 57.3 Å². The number of methoxy groups -OCH3 is 4. The van der Waals surface area contributed by atoms with E-state index in [2.05, 4.69) is 4.98 Å². The minimum Gasteiger partial charge on any atom is -0.465 e. The Morgan fingerprint density at radius 3 is 1.66 bits per heavy atom. The molecule has 9 nitrogen and oxygen atoms in total. The first-order chi connectivity index (χ1) is 13.9. The van der Waals surface area contributed by atoms with Crippen molar-refractivity contribution in [3.05, 3.63) is 46.5 Å². The smallest absolute Gasteiger partial charge is 0.340 e. The molecule has 0 bridgehead atoms. The third kappa shape index (κ3) is 2.96. The van der Waals surface area contributed by atoms with Gasteiger partial charge in [0.2, 0.25) is 0 Å². The van der Waals surface area contributed by atoms with Crippen LogP contribution in [0.3, 0.4) is 0 Å². The summed E-state index contributed by atoms with van der Waals surface area (Å²) >= 11 is 0. The van der Waals surface area contributed by atoms with Crippen molar-refractivity contribution in [1.29, 1.82) is 0 Å². The zero-order valence-corrected chi connectivity index (χ0v) is 16.1. The maximum absolute atomic E-state index is 12.7. The molecule has 1 aromatic heterocycles. The van der Waals surface area contributed by atoms with Crippen molar-refractivity contribution >= 4 is 45.7 Å². The SMILES string of the molecule is COC(=O)c1c(C(=O)OC)c(C(=O)OC)c2c([nH]c3ccccc32)c1C(=O)OC. The molecule has 0 fully saturated rings. The Hall–Kier alpha value is -3.88. The lowest BCUT2D eigenvalue weighted by Crippen LogP contribution is -2.23. The topological polar surface area (TPSA) is 121 Å². The molecule has 3 rings (SSSR count). The highest BCUT2D eigenvalue weighted by Crippen LogP contribution is 2.37. The molecule has 1 N–H and O–H groups in total. The Morgan fingerprint density at radius 2 is 1.10 bits per heavy atom. The Labute approximate surface area is 164 Å². The van der Waals surface area contributed by atoms with E-state index in [-0.39, 0.29) is 22.0 Å². The van der Waals surface area contributed by atoms with Crippen molar-refractivity contribution < 1.29 is 38.1 Å². The van der Waals surface area contributed by atoms with Crippen molar-refractivity contribution in [1.82, 2.24) is 4.98 Å². The van der Waals surface area contributed by atoms with E-state index in [0.29, 0.717) is 10.9 Å². The normalized spacial score (nSPS) is 10.6. The van der Waals surface area contributed by atoms with Gasteiger partial charge in [-0.2, -0.15) is 0 Å². The predicted octanol–water partition coefficient (Wildman–Crippen LogP) is 2.47. The number of hydrogen-bond acceptors (Lipinski definition) is 8. The van der Waals surface area contributed by atoms with Crippen molar-refractivity contribution in [2.24, 2.45) is 0 Å². The molecule has 0 atom stereocenters. The fourth-order valence-electron chi connectivity index (χ4n) is 3.31. The van der Waals surface area contributed by atoms with Gasteiger partial charge in [-0.1, -0.05) is 18.2 Å². The van der Waals surface area contributed by atoms with E-state index in [1.54, 1.807) is 24.3 Å². The maximum atomic E-state index is 12.7. The molecule has 0 aliphatic rings. The van der Waals surface area contributed by atoms with Crippen LogP contribution in [-0.2, 0) is 18.9 Å². The fraction of sp³-hybridized carbons (Fsp3) is 0.200. The molecular weight excluding hydrogens is 382 g/mol. The van der Waals surface area contributed by atoms with E-state index in [1.165, 1.54) is 0 Å². The number of benzene rings is 2.